The second-order valence-electron chi connectivity index (χ2n) is 7.27. The molecule has 0 spiro atoms. The van der Waals surface area contributed by atoms with Crippen LogP contribution in [0.1, 0.15) is 50.2 Å². The molecule has 1 saturated heterocycles. The molecule has 1 fully saturated rings. The van der Waals surface area contributed by atoms with Crippen LogP contribution in [0, 0.1) is 0 Å². The quantitative estimate of drug-likeness (QED) is 0.699. The van der Waals surface area contributed by atoms with Gasteiger partial charge in [0.1, 0.15) is 0 Å². The number of rotatable bonds is 5. The number of hydrogen-bond donors (Lipinski definition) is 0. The summed E-state index contributed by atoms with van der Waals surface area (Å²) in [6.45, 7) is 7.44. The second-order valence-corrected chi connectivity index (χ2v) is 7.27. The SMILES string of the molecule is CC(C)c1noc(C2CCCN(CCn3c(=O)oc4ccccc43)C2)n1. The number of fused-ring (bicyclic) bond motifs is 1. The fourth-order valence-electron chi connectivity index (χ4n) is 3.57. The van der Waals surface area contributed by atoms with Crippen LogP contribution < -0.4 is 5.76 Å². The highest BCUT2D eigenvalue weighted by Crippen LogP contribution is 2.26. The minimum absolute atomic E-state index is 0.265. The molecule has 1 unspecified atom stereocenters. The molecule has 0 N–H and O–H groups in total. The molecular weight excluding hydrogens is 332 g/mol. The lowest BCUT2D eigenvalue weighted by Gasteiger charge is -2.30. The Labute approximate surface area is 151 Å². The zero-order valence-corrected chi connectivity index (χ0v) is 15.2. The summed E-state index contributed by atoms with van der Waals surface area (Å²) >= 11 is 0. The van der Waals surface area contributed by atoms with Gasteiger partial charge in [-0.15, -0.1) is 0 Å². The van der Waals surface area contributed by atoms with Gasteiger partial charge in [0.25, 0.3) is 0 Å². The highest BCUT2D eigenvalue weighted by Gasteiger charge is 2.26. The molecule has 7 heteroatoms. The highest BCUT2D eigenvalue weighted by atomic mass is 16.5. The van der Waals surface area contributed by atoms with Gasteiger partial charge in [-0.2, -0.15) is 4.98 Å². The lowest BCUT2D eigenvalue weighted by molar-refractivity contribution is 0.181. The first-order chi connectivity index (χ1) is 12.6. The van der Waals surface area contributed by atoms with Crippen molar-refractivity contribution in [2.24, 2.45) is 0 Å². The number of likely N-dealkylation sites (tertiary alicyclic amines) is 1. The molecule has 0 radical (unpaired) electrons. The van der Waals surface area contributed by atoms with Crippen LogP contribution in [0.2, 0.25) is 0 Å². The van der Waals surface area contributed by atoms with Crippen molar-refractivity contribution in [1.82, 2.24) is 19.6 Å². The van der Waals surface area contributed by atoms with Crippen molar-refractivity contribution >= 4 is 11.1 Å². The number of benzene rings is 1. The standard InChI is InChI=1S/C19H24N4O3/c1-13(2)17-20-18(26-21-17)14-6-5-9-22(12-14)10-11-23-15-7-3-4-8-16(15)25-19(23)24/h3-4,7-8,13-14H,5-6,9-12H2,1-2H3. The number of piperidine rings is 1. The van der Waals surface area contributed by atoms with Crippen LogP contribution >= 0.6 is 0 Å². The summed E-state index contributed by atoms with van der Waals surface area (Å²) in [5.74, 6) is 1.76. The third-order valence-electron chi connectivity index (χ3n) is 5.04. The molecule has 3 aromatic rings. The summed E-state index contributed by atoms with van der Waals surface area (Å²) in [6, 6.07) is 7.55. The van der Waals surface area contributed by atoms with E-state index < -0.39 is 0 Å². The van der Waals surface area contributed by atoms with E-state index in [4.69, 9.17) is 8.94 Å². The molecule has 1 aliphatic heterocycles. The van der Waals surface area contributed by atoms with E-state index in [1.54, 1.807) is 4.57 Å². The minimum atomic E-state index is -0.293. The van der Waals surface area contributed by atoms with Gasteiger partial charge in [-0.25, -0.2) is 4.79 Å². The Morgan fingerprint density at radius 3 is 2.92 bits per heavy atom. The van der Waals surface area contributed by atoms with E-state index in [-0.39, 0.29) is 17.6 Å². The number of nitrogens with zero attached hydrogens (tertiary/aromatic N) is 4. The maximum absolute atomic E-state index is 12.1. The summed E-state index contributed by atoms with van der Waals surface area (Å²) in [5, 5.41) is 4.09. The summed E-state index contributed by atoms with van der Waals surface area (Å²) in [4.78, 5) is 19.0. The van der Waals surface area contributed by atoms with E-state index in [1.165, 1.54) is 0 Å². The van der Waals surface area contributed by atoms with Crippen molar-refractivity contribution in [2.75, 3.05) is 19.6 Å². The molecule has 0 bridgehead atoms. The molecule has 1 aliphatic rings. The Bertz CT molecular complexity index is 940. The van der Waals surface area contributed by atoms with Crippen molar-refractivity contribution < 1.29 is 8.94 Å². The van der Waals surface area contributed by atoms with Gasteiger partial charge in [-0.1, -0.05) is 31.1 Å². The van der Waals surface area contributed by atoms with Crippen molar-refractivity contribution in [1.29, 1.82) is 0 Å². The van der Waals surface area contributed by atoms with Crippen LogP contribution in [0.15, 0.2) is 38.0 Å². The lowest BCUT2D eigenvalue weighted by atomic mass is 9.98. The van der Waals surface area contributed by atoms with Crippen LogP contribution in [0.5, 0.6) is 0 Å². The van der Waals surface area contributed by atoms with Crippen molar-refractivity contribution in [3.05, 3.63) is 46.5 Å². The maximum Gasteiger partial charge on any atom is 0.419 e. The van der Waals surface area contributed by atoms with Gasteiger partial charge in [0.2, 0.25) is 5.89 Å². The Balaban J connectivity index is 1.43. The summed E-state index contributed by atoms with van der Waals surface area (Å²) in [6.07, 6.45) is 2.15. The highest BCUT2D eigenvalue weighted by molar-refractivity contribution is 5.72. The van der Waals surface area contributed by atoms with E-state index in [0.29, 0.717) is 12.1 Å². The van der Waals surface area contributed by atoms with Gasteiger partial charge in [0.05, 0.1) is 11.4 Å². The lowest BCUT2D eigenvalue weighted by Crippen LogP contribution is -2.37. The van der Waals surface area contributed by atoms with Crippen LogP contribution in [-0.4, -0.2) is 39.2 Å². The predicted molar refractivity (Wildman–Crippen MR) is 97.3 cm³/mol. The molecule has 0 aliphatic carbocycles. The number of aromatic nitrogens is 3. The smallest absolute Gasteiger partial charge is 0.408 e. The zero-order chi connectivity index (χ0) is 18.1. The van der Waals surface area contributed by atoms with Crippen LogP contribution in [-0.2, 0) is 6.54 Å². The molecule has 7 nitrogen and oxygen atoms in total. The molecule has 2 aromatic heterocycles. The van der Waals surface area contributed by atoms with Gasteiger partial charge in [0.15, 0.2) is 11.4 Å². The van der Waals surface area contributed by atoms with Gasteiger partial charge in [0, 0.05) is 25.6 Å². The molecule has 4 rings (SSSR count). The summed E-state index contributed by atoms with van der Waals surface area (Å²) in [5.41, 5.74) is 1.49. The molecule has 3 heterocycles. The maximum atomic E-state index is 12.1. The van der Waals surface area contributed by atoms with E-state index in [1.807, 2.05) is 24.3 Å². The number of oxazole rings is 1. The summed E-state index contributed by atoms with van der Waals surface area (Å²) in [7, 11) is 0. The molecule has 1 atom stereocenters. The van der Waals surface area contributed by atoms with Crippen LogP contribution in [0.25, 0.3) is 11.1 Å². The second kappa shape index (κ2) is 7.07. The third-order valence-corrected chi connectivity index (χ3v) is 5.04. The van der Waals surface area contributed by atoms with Gasteiger partial charge in [-0.3, -0.25) is 4.57 Å². The fraction of sp³-hybridized carbons (Fsp3) is 0.526. The Kier molecular flexibility index (Phi) is 4.63. The number of hydrogen-bond acceptors (Lipinski definition) is 6. The zero-order valence-electron chi connectivity index (χ0n) is 15.2. The molecule has 0 saturated carbocycles. The monoisotopic (exact) mass is 356 g/mol. The Morgan fingerprint density at radius 2 is 2.12 bits per heavy atom. The Hall–Kier alpha value is -2.41. The predicted octanol–water partition coefficient (Wildman–Crippen LogP) is 2.98. The fourth-order valence-corrected chi connectivity index (χ4v) is 3.57. The van der Waals surface area contributed by atoms with E-state index in [9.17, 15) is 4.79 Å². The van der Waals surface area contributed by atoms with Gasteiger partial charge < -0.3 is 13.8 Å². The van der Waals surface area contributed by atoms with Gasteiger partial charge >= 0.3 is 5.76 Å². The molecular formula is C19H24N4O3. The third kappa shape index (κ3) is 3.31. The molecule has 26 heavy (non-hydrogen) atoms. The van der Waals surface area contributed by atoms with E-state index >= 15 is 0 Å². The van der Waals surface area contributed by atoms with E-state index in [0.717, 1.165) is 49.7 Å². The van der Waals surface area contributed by atoms with Crippen LogP contribution in [0.4, 0.5) is 0 Å². The topological polar surface area (TPSA) is 77.3 Å². The molecule has 1 aromatic carbocycles. The molecule has 138 valence electrons. The Morgan fingerprint density at radius 1 is 1.27 bits per heavy atom. The average molecular weight is 356 g/mol. The average Bonchev–Trinajstić information content (AvgIpc) is 3.25. The first-order valence-corrected chi connectivity index (χ1v) is 9.26. The largest absolute Gasteiger partial charge is 0.419 e. The number of para-hydroxylation sites is 2. The van der Waals surface area contributed by atoms with E-state index in [2.05, 4.69) is 28.9 Å². The van der Waals surface area contributed by atoms with Crippen molar-refractivity contribution in [3.63, 3.8) is 0 Å². The van der Waals surface area contributed by atoms with Crippen molar-refractivity contribution in [3.8, 4) is 0 Å². The van der Waals surface area contributed by atoms with Gasteiger partial charge in [-0.05, 0) is 31.5 Å². The normalized spacial score (nSPS) is 18.8. The molecule has 0 amide bonds. The minimum Gasteiger partial charge on any atom is -0.408 e. The van der Waals surface area contributed by atoms with Crippen LogP contribution in [0.3, 0.4) is 0 Å². The van der Waals surface area contributed by atoms with Crippen molar-refractivity contribution in [2.45, 2.75) is 45.1 Å². The first kappa shape index (κ1) is 17.0. The summed E-state index contributed by atoms with van der Waals surface area (Å²) < 4.78 is 12.5. The first-order valence-electron chi connectivity index (χ1n) is 9.26.